The van der Waals surface area contributed by atoms with Gasteiger partial charge in [0, 0.05) is 25.1 Å². The molecule has 0 bridgehead atoms. The van der Waals surface area contributed by atoms with E-state index in [-0.39, 0.29) is 24.7 Å². The van der Waals surface area contributed by atoms with E-state index in [0.717, 1.165) is 37.6 Å². The first kappa shape index (κ1) is 20.7. The van der Waals surface area contributed by atoms with E-state index in [4.69, 9.17) is 4.74 Å². The molecule has 6 heteroatoms. The lowest BCUT2D eigenvalue weighted by Crippen LogP contribution is -2.34. The van der Waals surface area contributed by atoms with Crippen LogP contribution in [0.4, 0.5) is 4.39 Å². The summed E-state index contributed by atoms with van der Waals surface area (Å²) in [5, 5.41) is 11.1. The Morgan fingerprint density at radius 2 is 1.87 bits per heavy atom. The molecule has 1 saturated heterocycles. The second-order valence-electron chi connectivity index (χ2n) is 8.56. The van der Waals surface area contributed by atoms with Crippen molar-refractivity contribution < 1.29 is 23.8 Å². The average molecular weight is 411 g/mol. The maximum atomic E-state index is 14.1. The molecule has 1 heterocycles. The Kier molecular flexibility index (Phi) is 5.97. The van der Waals surface area contributed by atoms with Crippen molar-refractivity contribution in [1.82, 2.24) is 4.90 Å². The number of carbonyl (C=O) groups excluding carboxylic acids is 2. The van der Waals surface area contributed by atoms with Gasteiger partial charge in [-0.1, -0.05) is 30.3 Å². The van der Waals surface area contributed by atoms with Crippen LogP contribution in [0.25, 0.3) is 0 Å². The summed E-state index contributed by atoms with van der Waals surface area (Å²) in [5.74, 6) is -0.0703. The number of hydrogen-bond acceptors (Lipinski definition) is 5. The molecule has 1 saturated carbocycles. The van der Waals surface area contributed by atoms with Gasteiger partial charge in [0.05, 0.1) is 12.1 Å². The summed E-state index contributed by atoms with van der Waals surface area (Å²) in [5.41, 5.74) is 0.769. The maximum Gasteiger partial charge on any atom is 0.176 e. The Morgan fingerprint density at radius 1 is 1.17 bits per heavy atom. The summed E-state index contributed by atoms with van der Waals surface area (Å²) in [4.78, 5) is 25.1. The molecule has 1 aliphatic heterocycles. The molecular formula is C24H26FNO4. The number of ketones is 1. The van der Waals surface area contributed by atoms with Crippen molar-refractivity contribution in [3.05, 3.63) is 65.5 Å². The quantitative estimate of drug-likeness (QED) is 0.535. The molecule has 0 amide bonds. The minimum absolute atomic E-state index is 0.0351. The average Bonchev–Trinajstić information content (AvgIpc) is 3.21. The van der Waals surface area contributed by atoms with Crippen LogP contribution in [-0.2, 0) is 11.2 Å². The van der Waals surface area contributed by atoms with Crippen molar-refractivity contribution in [2.24, 2.45) is 11.8 Å². The molecule has 0 unspecified atom stereocenters. The van der Waals surface area contributed by atoms with Gasteiger partial charge in [0.2, 0.25) is 0 Å². The number of hydrogen-bond donors (Lipinski definition) is 1. The summed E-state index contributed by atoms with van der Waals surface area (Å²) in [6, 6.07) is 14.1. The van der Waals surface area contributed by atoms with Gasteiger partial charge in [0.25, 0.3) is 0 Å². The van der Waals surface area contributed by atoms with Gasteiger partial charge in [-0.05, 0) is 48.4 Å². The van der Waals surface area contributed by atoms with Gasteiger partial charge in [-0.25, -0.2) is 4.39 Å². The van der Waals surface area contributed by atoms with Crippen LogP contribution >= 0.6 is 0 Å². The van der Waals surface area contributed by atoms with E-state index in [1.807, 2.05) is 30.3 Å². The van der Waals surface area contributed by atoms with E-state index >= 15 is 0 Å². The minimum atomic E-state index is -0.673. The maximum absolute atomic E-state index is 14.1. The third-order valence-electron chi connectivity index (χ3n) is 6.24. The number of fused-ring (bicyclic) bond motifs is 1. The van der Waals surface area contributed by atoms with E-state index in [2.05, 4.69) is 4.90 Å². The predicted molar refractivity (Wildman–Crippen MR) is 110 cm³/mol. The van der Waals surface area contributed by atoms with E-state index in [0.29, 0.717) is 30.1 Å². The molecule has 2 aromatic rings. The summed E-state index contributed by atoms with van der Waals surface area (Å²) in [6.07, 6.45) is 2.70. The first-order chi connectivity index (χ1) is 14.5. The molecule has 3 atom stereocenters. The van der Waals surface area contributed by atoms with Crippen LogP contribution in [0.15, 0.2) is 48.5 Å². The SMILES string of the molecule is O=CCOc1ccc(C(=O)CN2C[C@@H]3C[C@@](O)(Cc4ccccc4)C[C@@H]3C2)cc1F. The predicted octanol–water partition coefficient (Wildman–Crippen LogP) is 2.90. The van der Waals surface area contributed by atoms with Crippen LogP contribution in [0.1, 0.15) is 28.8 Å². The lowest BCUT2D eigenvalue weighted by molar-refractivity contribution is -0.109. The van der Waals surface area contributed by atoms with Crippen LogP contribution < -0.4 is 4.74 Å². The van der Waals surface area contributed by atoms with E-state index in [1.165, 1.54) is 12.1 Å². The number of aliphatic hydroxyl groups is 1. The Bertz CT molecular complexity index is 903. The van der Waals surface area contributed by atoms with Gasteiger partial charge in [0.1, 0.15) is 6.61 Å². The zero-order valence-electron chi connectivity index (χ0n) is 16.8. The van der Waals surface area contributed by atoms with E-state index in [9.17, 15) is 19.1 Å². The Balaban J connectivity index is 1.32. The van der Waals surface area contributed by atoms with Gasteiger partial charge in [-0.2, -0.15) is 0 Å². The van der Waals surface area contributed by atoms with Crippen LogP contribution in [0, 0.1) is 17.7 Å². The third kappa shape index (κ3) is 4.60. The Labute approximate surface area is 175 Å². The second-order valence-corrected chi connectivity index (χ2v) is 8.56. The molecular weight excluding hydrogens is 385 g/mol. The standard InChI is InChI=1S/C24H26FNO4/c25-21-10-18(6-7-23(21)30-9-8-27)22(28)16-26-14-19-12-24(29,13-20(19)15-26)11-17-4-2-1-3-5-17/h1-8,10,19-20,29H,9,11-16H2/t19-,20+,24-. The summed E-state index contributed by atoms with van der Waals surface area (Å²) in [6.45, 7) is 1.56. The zero-order valence-corrected chi connectivity index (χ0v) is 16.8. The summed E-state index contributed by atoms with van der Waals surface area (Å²) < 4.78 is 19.0. The Morgan fingerprint density at radius 3 is 2.50 bits per heavy atom. The third-order valence-corrected chi connectivity index (χ3v) is 6.24. The molecule has 30 heavy (non-hydrogen) atoms. The van der Waals surface area contributed by atoms with Gasteiger partial charge < -0.3 is 9.84 Å². The van der Waals surface area contributed by atoms with Crippen molar-refractivity contribution in [1.29, 1.82) is 0 Å². The second kappa shape index (κ2) is 8.66. The zero-order chi connectivity index (χ0) is 21.1. The number of aldehydes is 1. The highest BCUT2D eigenvalue weighted by molar-refractivity contribution is 5.97. The largest absolute Gasteiger partial charge is 0.483 e. The van der Waals surface area contributed by atoms with Gasteiger partial charge in [0.15, 0.2) is 23.6 Å². The lowest BCUT2D eigenvalue weighted by atomic mass is 9.91. The molecule has 1 N–H and O–H groups in total. The topological polar surface area (TPSA) is 66.8 Å². The van der Waals surface area contributed by atoms with E-state index in [1.54, 1.807) is 0 Å². The van der Waals surface area contributed by atoms with Crippen LogP contribution in [0.5, 0.6) is 5.75 Å². The van der Waals surface area contributed by atoms with Crippen LogP contribution in [0.2, 0.25) is 0 Å². The van der Waals surface area contributed by atoms with Gasteiger partial charge >= 0.3 is 0 Å². The van der Waals surface area contributed by atoms with Crippen molar-refractivity contribution in [2.75, 3.05) is 26.2 Å². The van der Waals surface area contributed by atoms with Crippen LogP contribution in [-0.4, -0.2) is 53.9 Å². The highest BCUT2D eigenvalue weighted by Gasteiger charge is 2.48. The number of carbonyl (C=O) groups is 2. The molecule has 0 aromatic heterocycles. The number of halogens is 1. The number of likely N-dealkylation sites (tertiary alicyclic amines) is 1. The van der Waals surface area contributed by atoms with E-state index < -0.39 is 11.4 Å². The number of benzene rings is 2. The molecule has 158 valence electrons. The molecule has 5 nitrogen and oxygen atoms in total. The normalized spacial score (nSPS) is 25.8. The Hall–Kier alpha value is -2.57. The number of nitrogens with zero attached hydrogens (tertiary/aromatic N) is 1. The molecule has 2 aliphatic rings. The molecule has 2 fully saturated rings. The number of rotatable bonds is 8. The van der Waals surface area contributed by atoms with Gasteiger partial charge in [-0.3, -0.25) is 14.5 Å². The number of Topliss-reactive ketones (excluding diaryl/α,β-unsaturated/α-hetero) is 1. The minimum Gasteiger partial charge on any atom is -0.483 e. The molecule has 0 radical (unpaired) electrons. The summed E-state index contributed by atoms with van der Waals surface area (Å²) >= 11 is 0. The molecule has 0 spiro atoms. The molecule has 1 aliphatic carbocycles. The fourth-order valence-corrected chi connectivity index (χ4v) is 5.02. The van der Waals surface area contributed by atoms with Crippen molar-refractivity contribution in [3.63, 3.8) is 0 Å². The highest BCUT2D eigenvalue weighted by Crippen LogP contribution is 2.45. The van der Waals surface area contributed by atoms with Crippen LogP contribution in [0.3, 0.4) is 0 Å². The fraction of sp³-hybridized carbons (Fsp3) is 0.417. The van der Waals surface area contributed by atoms with Gasteiger partial charge in [-0.15, -0.1) is 0 Å². The van der Waals surface area contributed by atoms with Crippen molar-refractivity contribution in [2.45, 2.75) is 24.9 Å². The first-order valence-corrected chi connectivity index (χ1v) is 10.3. The highest BCUT2D eigenvalue weighted by atomic mass is 19.1. The smallest absolute Gasteiger partial charge is 0.176 e. The molecule has 4 rings (SSSR count). The monoisotopic (exact) mass is 411 g/mol. The fourth-order valence-electron chi connectivity index (χ4n) is 5.02. The number of ether oxygens (including phenoxy) is 1. The first-order valence-electron chi connectivity index (χ1n) is 10.3. The van der Waals surface area contributed by atoms with Crippen molar-refractivity contribution >= 4 is 12.1 Å². The summed E-state index contributed by atoms with van der Waals surface area (Å²) in [7, 11) is 0. The molecule has 2 aromatic carbocycles. The van der Waals surface area contributed by atoms with Crippen molar-refractivity contribution in [3.8, 4) is 5.75 Å². The lowest BCUT2D eigenvalue weighted by Gasteiger charge is -2.26.